The molecule has 0 radical (unpaired) electrons. The Labute approximate surface area is 118 Å². The third-order valence-corrected chi connectivity index (χ3v) is 2.48. The van der Waals surface area contributed by atoms with Crippen LogP contribution < -0.4 is 5.32 Å². The average Bonchev–Trinajstić information content (AvgIpc) is 2.83. The molecule has 2 aromatic rings. The van der Waals surface area contributed by atoms with E-state index in [2.05, 4.69) is 25.6 Å². The lowest BCUT2D eigenvalue weighted by atomic mass is 10.4. The number of fused-ring (bicyclic) bond motifs is 1. The zero-order valence-electron chi connectivity index (χ0n) is 11.1. The van der Waals surface area contributed by atoms with Crippen molar-refractivity contribution in [1.82, 2.24) is 25.0 Å². The van der Waals surface area contributed by atoms with Crippen LogP contribution in [0, 0.1) is 0 Å². The number of nitrogens with one attached hydrogen (secondary N) is 1. The minimum atomic E-state index is -0.772. The first kappa shape index (κ1) is 15.0. The quantitative estimate of drug-likeness (QED) is 0.483. The van der Waals surface area contributed by atoms with E-state index in [-0.39, 0.29) is 37.1 Å². The highest BCUT2D eigenvalue weighted by Crippen LogP contribution is 2.21. The number of carbonyl (C=O) groups is 1. The van der Waals surface area contributed by atoms with Crippen molar-refractivity contribution < 1.29 is 24.9 Å². The third kappa shape index (κ3) is 3.39. The minimum Gasteiger partial charge on any atom is -0.492 e. The van der Waals surface area contributed by atoms with Gasteiger partial charge in [-0.3, -0.25) is 10.1 Å². The first-order chi connectivity index (χ1) is 10.0. The van der Waals surface area contributed by atoms with Crippen molar-refractivity contribution in [3.05, 3.63) is 0 Å². The molecule has 0 bridgehead atoms. The van der Waals surface area contributed by atoms with Gasteiger partial charge in [0.05, 0.1) is 13.2 Å². The number of aliphatic hydroxyl groups excluding tert-OH is 2. The highest BCUT2D eigenvalue weighted by Gasteiger charge is 2.16. The average molecular weight is 298 g/mol. The number of hydrogen-bond acceptors (Lipinski definition) is 9. The summed E-state index contributed by atoms with van der Waals surface area (Å²) in [5, 5.41) is 37.4. The first-order valence-electron chi connectivity index (χ1n) is 5.96. The molecule has 2 heterocycles. The molecular formula is C10H14N6O5. The number of nitrogens with zero attached hydrogens (tertiary/aromatic N) is 5. The number of aromatic hydroxyl groups is 1. The Balaban J connectivity index is 2.25. The Morgan fingerprint density at radius 2 is 2.10 bits per heavy atom. The van der Waals surface area contributed by atoms with Crippen LogP contribution in [0.25, 0.3) is 11.2 Å². The summed E-state index contributed by atoms with van der Waals surface area (Å²) in [6.07, 6.45) is -0.772. The molecule has 11 nitrogen and oxygen atoms in total. The van der Waals surface area contributed by atoms with E-state index < -0.39 is 17.9 Å². The topological polar surface area (TPSA) is 156 Å². The van der Waals surface area contributed by atoms with Gasteiger partial charge in [0.1, 0.15) is 12.8 Å². The van der Waals surface area contributed by atoms with E-state index in [1.165, 1.54) is 11.6 Å². The highest BCUT2D eigenvalue weighted by atomic mass is 16.5. The van der Waals surface area contributed by atoms with Gasteiger partial charge in [0.25, 0.3) is 0 Å². The number of aliphatic hydroxyl groups is 2. The summed E-state index contributed by atoms with van der Waals surface area (Å²) < 4.78 is 6.33. The maximum Gasteiger partial charge on any atom is 0.244 e. The largest absolute Gasteiger partial charge is 0.492 e. The van der Waals surface area contributed by atoms with Crippen LogP contribution in [-0.2, 0) is 16.3 Å². The van der Waals surface area contributed by atoms with Crippen LogP contribution in [0.3, 0.4) is 0 Å². The van der Waals surface area contributed by atoms with Gasteiger partial charge in [-0.1, -0.05) is 5.21 Å². The molecule has 2 aromatic heterocycles. The van der Waals surface area contributed by atoms with E-state index in [4.69, 9.17) is 14.9 Å². The molecule has 1 amide bonds. The van der Waals surface area contributed by atoms with E-state index >= 15 is 0 Å². The van der Waals surface area contributed by atoms with Gasteiger partial charge in [-0.05, 0) is 0 Å². The van der Waals surface area contributed by atoms with Gasteiger partial charge in [0, 0.05) is 6.92 Å². The molecule has 11 heteroatoms. The fourth-order valence-corrected chi connectivity index (χ4v) is 1.52. The number of anilines is 1. The van der Waals surface area contributed by atoms with Crippen LogP contribution in [0.2, 0.25) is 0 Å². The van der Waals surface area contributed by atoms with E-state index in [9.17, 15) is 9.90 Å². The van der Waals surface area contributed by atoms with Crippen LogP contribution >= 0.6 is 0 Å². The van der Waals surface area contributed by atoms with Crippen molar-refractivity contribution in [3.63, 3.8) is 0 Å². The molecule has 0 aromatic carbocycles. The summed E-state index contributed by atoms with van der Waals surface area (Å²) >= 11 is 0. The van der Waals surface area contributed by atoms with Crippen LogP contribution in [0.15, 0.2) is 0 Å². The second kappa shape index (κ2) is 6.39. The van der Waals surface area contributed by atoms with Crippen molar-refractivity contribution in [1.29, 1.82) is 0 Å². The smallest absolute Gasteiger partial charge is 0.244 e. The lowest BCUT2D eigenvalue weighted by molar-refractivity contribution is -0.114. The van der Waals surface area contributed by atoms with Gasteiger partial charge >= 0.3 is 0 Å². The molecule has 4 N–H and O–H groups in total. The second-order valence-corrected chi connectivity index (χ2v) is 4.10. The van der Waals surface area contributed by atoms with Gasteiger partial charge in [0.2, 0.25) is 23.4 Å². The molecule has 0 saturated heterocycles. The van der Waals surface area contributed by atoms with E-state index in [0.717, 1.165) is 0 Å². The summed E-state index contributed by atoms with van der Waals surface area (Å²) in [6.45, 7) is 0.383. The third-order valence-electron chi connectivity index (χ3n) is 2.48. The maximum absolute atomic E-state index is 10.9. The van der Waals surface area contributed by atoms with Gasteiger partial charge in [-0.2, -0.15) is 9.97 Å². The lowest BCUT2D eigenvalue weighted by Crippen LogP contribution is -2.23. The van der Waals surface area contributed by atoms with Crippen molar-refractivity contribution in [2.24, 2.45) is 0 Å². The van der Waals surface area contributed by atoms with Crippen LogP contribution in [0.5, 0.6) is 5.88 Å². The molecule has 114 valence electrons. The highest BCUT2D eigenvalue weighted by molar-refractivity contribution is 5.88. The minimum absolute atomic E-state index is 0.0689. The zero-order chi connectivity index (χ0) is 15.4. The Bertz CT molecular complexity index is 640. The van der Waals surface area contributed by atoms with Crippen molar-refractivity contribution in [3.8, 4) is 5.88 Å². The predicted molar refractivity (Wildman–Crippen MR) is 68.1 cm³/mol. The fraction of sp³-hybridized carbons (Fsp3) is 0.500. The van der Waals surface area contributed by atoms with E-state index in [1.54, 1.807) is 0 Å². The zero-order valence-corrected chi connectivity index (χ0v) is 11.1. The summed E-state index contributed by atoms with van der Waals surface area (Å²) in [6, 6.07) is 0. The van der Waals surface area contributed by atoms with Gasteiger partial charge in [0.15, 0.2) is 5.52 Å². The summed E-state index contributed by atoms with van der Waals surface area (Å²) in [4.78, 5) is 18.5. The molecule has 0 atom stereocenters. The Morgan fingerprint density at radius 1 is 1.38 bits per heavy atom. The normalized spacial score (nSPS) is 11.2. The molecule has 0 aliphatic rings. The maximum atomic E-state index is 10.9. The molecule has 0 saturated carbocycles. The molecular weight excluding hydrogens is 284 g/mol. The summed E-state index contributed by atoms with van der Waals surface area (Å²) in [5.41, 5.74) is 0.179. The van der Waals surface area contributed by atoms with Crippen LogP contribution in [0.4, 0.5) is 5.95 Å². The lowest BCUT2D eigenvalue weighted by Gasteiger charge is -2.12. The molecule has 2 rings (SSSR count). The number of aromatic nitrogens is 5. The van der Waals surface area contributed by atoms with Crippen LogP contribution in [-0.4, -0.2) is 65.5 Å². The van der Waals surface area contributed by atoms with E-state index in [1.807, 2.05) is 0 Å². The standard InChI is InChI=1S/C10H14N6O5/c1-5(19)11-10-12-8-7(9(20)13-10)16(15-14-8)4-21-6(2-17)3-18/h6,17-18H,2-4H2,1H3,(H2,11,12,13,19,20). The van der Waals surface area contributed by atoms with Crippen molar-refractivity contribution in [2.75, 3.05) is 18.5 Å². The van der Waals surface area contributed by atoms with Crippen LogP contribution in [0.1, 0.15) is 6.92 Å². The first-order valence-corrected chi connectivity index (χ1v) is 5.96. The Kier molecular flexibility index (Phi) is 4.57. The van der Waals surface area contributed by atoms with E-state index in [0.29, 0.717) is 0 Å². The number of ether oxygens (including phenoxy) is 1. The molecule has 0 spiro atoms. The van der Waals surface area contributed by atoms with Gasteiger partial charge in [-0.15, -0.1) is 5.10 Å². The fourth-order valence-electron chi connectivity index (χ4n) is 1.52. The number of carbonyl (C=O) groups excluding carboxylic acids is 1. The second-order valence-electron chi connectivity index (χ2n) is 4.10. The summed E-state index contributed by atoms with van der Waals surface area (Å²) in [7, 11) is 0. The Morgan fingerprint density at radius 3 is 2.71 bits per heavy atom. The number of amides is 1. The molecule has 0 aliphatic carbocycles. The number of rotatable bonds is 6. The van der Waals surface area contributed by atoms with Gasteiger partial charge < -0.3 is 20.1 Å². The molecule has 0 fully saturated rings. The predicted octanol–water partition coefficient (Wildman–Crippen LogP) is -1.79. The van der Waals surface area contributed by atoms with Gasteiger partial charge in [-0.25, -0.2) is 4.68 Å². The SMILES string of the molecule is CC(=O)Nc1nc(O)c2c(nnn2COC(CO)CO)n1. The monoisotopic (exact) mass is 298 g/mol. The molecule has 0 aliphatic heterocycles. The van der Waals surface area contributed by atoms with Crippen molar-refractivity contribution >= 4 is 23.0 Å². The molecule has 0 unspecified atom stereocenters. The number of hydrogen-bond donors (Lipinski definition) is 4. The summed E-state index contributed by atoms with van der Waals surface area (Å²) in [5.74, 6) is -0.913. The Hall–Kier alpha value is -2.37. The van der Waals surface area contributed by atoms with Crippen molar-refractivity contribution in [2.45, 2.75) is 19.8 Å². The molecule has 21 heavy (non-hydrogen) atoms.